The number of allylic oxidation sites excluding steroid dienone is 7. The molecule has 1 aliphatic heterocycles. The number of benzene rings is 6. The molecule has 2 aromatic heterocycles. The Hall–Kier alpha value is -7.50. The Morgan fingerprint density at radius 3 is 1.97 bits per heavy atom. The molecule has 1 N–H and O–H groups in total. The maximum absolute atomic E-state index is 5.67. The molecule has 8 aromatic rings. The highest BCUT2D eigenvalue weighted by molar-refractivity contribution is 6.16. The van der Waals surface area contributed by atoms with Crippen molar-refractivity contribution in [3.8, 4) is 16.8 Å². The van der Waals surface area contributed by atoms with Crippen LogP contribution in [0.4, 0.5) is 0 Å². The molecule has 0 fully saturated rings. The molecule has 0 bridgehead atoms. The van der Waals surface area contributed by atoms with E-state index in [0.29, 0.717) is 5.84 Å². The van der Waals surface area contributed by atoms with Gasteiger partial charge in [0.25, 0.3) is 0 Å². The van der Waals surface area contributed by atoms with Gasteiger partial charge < -0.3 is 14.5 Å². The highest BCUT2D eigenvalue weighted by Crippen LogP contribution is 2.46. The second-order valence-corrected chi connectivity index (χ2v) is 19.6. The van der Waals surface area contributed by atoms with Gasteiger partial charge in [0, 0.05) is 61.3 Å². The molecule has 334 valence electrons. The minimum atomic E-state index is -0.456. The molecule has 5 nitrogen and oxygen atoms in total. The lowest BCUT2D eigenvalue weighted by atomic mass is 9.79. The number of rotatable bonds is 7. The Bertz CT molecular complexity index is 3570. The molecule has 12 rings (SSSR count). The monoisotopic (exact) mass is 883 g/mol. The van der Waals surface area contributed by atoms with Crippen LogP contribution in [0.15, 0.2) is 184 Å². The van der Waals surface area contributed by atoms with Gasteiger partial charge in [0.2, 0.25) is 0 Å². The third-order valence-electron chi connectivity index (χ3n) is 14.9. The summed E-state index contributed by atoms with van der Waals surface area (Å²) in [5.41, 5.74) is 23.5. The van der Waals surface area contributed by atoms with Crippen LogP contribution in [0.3, 0.4) is 0 Å². The van der Waals surface area contributed by atoms with Gasteiger partial charge in [-0.1, -0.05) is 143 Å². The fourth-order valence-electron chi connectivity index (χ4n) is 11.6. The van der Waals surface area contributed by atoms with Gasteiger partial charge in [-0.2, -0.15) is 0 Å². The summed E-state index contributed by atoms with van der Waals surface area (Å²) < 4.78 is 5.16. The standard InChI is InChI=1S/C63H57N5/c1-38-26-30-55-51(34-38)52-35-39(2)27-31-56(52)67(55)59-47(45-20-12-10-16-42(45)5)22-14-24-49(59)62-64-61(44-18-8-7-9-19-44)65-63(66-62)50-25-15-23-48(46-21-13-11-17-43(46)6)60(50)68-57-32-28-40(3)36-53(57)54-37-41(4)29-33-58(54)68/h7-10,12,14-22,24-26,28-30,32-37,48,63H,11,13,23,27,31H2,1-6H3,(H,64,65,66). The van der Waals surface area contributed by atoms with Crippen molar-refractivity contribution in [1.29, 1.82) is 0 Å². The summed E-state index contributed by atoms with van der Waals surface area (Å²) >= 11 is 0. The number of amidine groups is 2. The molecule has 0 saturated carbocycles. The highest BCUT2D eigenvalue weighted by Gasteiger charge is 2.35. The third kappa shape index (κ3) is 6.98. The lowest BCUT2D eigenvalue weighted by molar-refractivity contribution is 0.681. The number of fused-ring (bicyclic) bond motifs is 6. The molecule has 0 amide bonds. The first-order valence-electron chi connectivity index (χ1n) is 24.5. The number of hydrogen-bond donors (Lipinski definition) is 1. The van der Waals surface area contributed by atoms with E-state index in [2.05, 4.69) is 214 Å². The molecule has 2 atom stereocenters. The second-order valence-electron chi connectivity index (χ2n) is 19.6. The van der Waals surface area contributed by atoms with Gasteiger partial charge in [-0.25, -0.2) is 9.98 Å². The first-order valence-corrected chi connectivity index (χ1v) is 24.5. The predicted octanol–water partition coefficient (Wildman–Crippen LogP) is 15.3. The largest absolute Gasteiger partial charge is 0.344 e. The highest BCUT2D eigenvalue weighted by atomic mass is 15.2. The van der Waals surface area contributed by atoms with Crippen molar-refractivity contribution in [2.24, 2.45) is 15.9 Å². The zero-order chi connectivity index (χ0) is 46.2. The number of para-hydroxylation sites is 1. The van der Waals surface area contributed by atoms with E-state index in [0.717, 1.165) is 60.3 Å². The Morgan fingerprint density at radius 2 is 1.25 bits per heavy atom. The minimum Gasteiger partial charge on any atom is -0.344 e. The number of aromatic nitrogens is 2. The third-order valence-corrected chi connectivity index (χ3v) is 14.9. The van der Waals surface area contributed by atoms with Crippen LogP contribution in [-0.2, 0) is 6.42 Å². The molecular formula is C63H57N5. The van der Waals surface area contributed by atoms with Crippen molar-refractivity contribution in [1.82, 2.24) is 14.5 Å². The Morgan fingerprint density at radius 1 is 0.603 bits per heavy atom. The fraction of sp³-hybridized carbons (Fsp3) is 0.206. The quantitative estimate of drug-likeness (QED) is 0.170. The number of aliphatic imine (C=N–C) groups is 2. The van der Waals surface area contributed by atoms with Crippen LogP contribution in [0, 0.1) is 33.6 Å². The molecule has 6 aromatic carbocycles. The number of nitrogens with zero attached hydrogens (tertiary/aromatic N) is 4. The van der Waals surface area contributed by atoms with Gasteiger partial charge in [-0.05, 0) is 133 Å². The predicted molar refractivity (Wildman–Crippen MR) is 287 cm³/mol. The zero-order valence-electron chi connectivity index (χ0n) is 40.0. The van der Waals surface area contributed by atoms with Crippen molar-refractivity contribution in [2.45, 2.75) is 79.8 Å². The Labute approximate surface area is 400 Å². The maximum Gasteiger partial charge on any atom is 0.159 e. The van der Waals surface area contributed by atoms with Gasteiger partial charge in [0.05, 0.1) is 22.2 Å². The molecule has 5 heteroatoms. The molecule has 0 spiro atoms. The first-order chi connectivity index (χ1) is 33.2. The van der Waals surface area contributed by atoms with E-state index in [1.54, 1.807) is 0 Å². The smallest absolute Gasteiger partial charge is 0.159 e. The van der Waals surface area contributed by atoms with E-state index >= 15 is 0 Å². The van der Waals surface area contributed by atoms with Gasteiger partial charge in [-0.3, -0.25) is 0 Å². The molecule has 4 aliphatic rings. The lowest BCUT2D eigenvalue weighted by Gasteiger charge is -2.34. The van der Waals surface area contributed by atoms with Crippen LogP contribution in [-0.4, -0.2) is 27.0 Å². The summed E-state index contributed by atoms with van der Waals surface area (Å²) in [4.78, 5) is 11.3. The summed E-state index contributed by atoms with van der Waals surface area (Å²) in [5, 5.41) is 7.95. The van der Waals surface area contributed by atoms with Crippen molar-refractivity contribution >= 4 is 56.2 Å². The van der Waals surface area contributed by atoms with Crippen molar-refractivity contribution in [3.63, 3.8) is 0 Å². The van der Waals surface area contributed by atoms with E-state index in [4.69, 9.17) is 9.98 Å². The second kappa shape index (κ2) is 16.7. The maximum atomic E-state index is 5.67. The van der Waals surface area contributed by atoms with Crippen molar-refractivity contribution in [2.75, 3.05) is 0 Å². The fourth-order valence-corrected chi connectivity index (χ4v) is 11.6. The summed E-state index contributed by atoms with van der Waals surface area (Å²) in [5.74, 6) is 1.64. The van der Waals surface area contributed by atoms with E-state index in [1.165, 1.54) is 99.8 Å². The van der Waals surface area contributed by atoms with Gasteiger partial charge in [0.15, 0.2) is 5.84 Å². The van der Waals surface area contributed by atoms with Crippen molar-refractivity contribution < 1.29 is 0 Å². The summed E-state index contributed by atoms with van der Waals surface area (Å²) in [6, 6.07) is 47.1. The summed E-state index contributed by atoms with van der Waals surface area (Å²) in [6.45, 7) is 13.4. The van der Waals surface area contributed by atoms with E-state index in [-0.39, 0.29) is 5.92 Å². The van der Waals surface area contributed by atoms with Crippen LogP contribution in [0.2, 0.25) is 0 Å². The summed E-state index contributed by atoms with van der Waals surface area (Å²) in [6.07, 6.45) is 16.7. The molecule has 68 heavy (non-hydrogen) atoms. The van der Waals surface area contributed by atoms with Crippen LogP contribution >= 0.6 is 0 Å². The van der Waals surface area contributed by atoms with E-state index in [1.807, 2.05) is 0 Å². The molecule has 0 radical (unpaired) electrons. The minimum absolute atomic E-state index is 0.116. The number of nitrogens with one attached hydrogen (secondary N) is 1. The van der Waals surface area contributed by atoms with Crippen LogP contribution in [0.1, 0.15) is 84.2 Å². The Kier molecular flexibility index (Phi) is 10.3. The number of aryl methyl sites for hydroxylation is 4. The molecule has 0 saturated heterocycles. The zero-order valence-corrected chi connectivity index (χ0v) is 40.0. The molecule has 3 aliphatic carbocycles. The normalized spacial score (nSPS) is 18.3. The van der Waals surface area contributed by atoms with E-state index < -0.39 is 6.17 Å². The van der Waals surface area contributed by atoms with Gasteiger partial charge >= 0.3 is 0 Å². The first kappa shape index (κ1) is 41.9. The summed E-state index contributed by atoms with van der Waals surface area (Å²) in [7, 11) is 0. The molecule has 2 unspecified atom stereocenters. The SMILES string of the molecule is CC1=Cc2c(n(-c3c(C4=NC(c5ccccc5)=NC(C5=C(n6c7ccc(C)cc7c7cc(C)ccc76)C(C6=CCCC=C6C)CC=C5)N4)cccc3-c3ccccc3C)c3ccc(C)cc23)CC1. The molecular weight excluding hydrogens is 827 g/mol. The number of hydrogen-bond acceptors (Lipinski definition) is 3. The topological polar surface area (TPSA) is 46.6 Å². The Balaban J connectivity index is 1.14. The van der Waals surface area contributed by atoms with Crippen molar-refractivity contribution in [3.05, 3.63) is 219 Å². The lowest BCUT2D eigenvalue weighted by Crippen LogP contribution is -2.41. The average molecular weight is 884 g/mol. The molecule has 3 heterocycles. The van der Waals surface area contributed by atoms with Crippen LogP contribution in [0.5, 0.6) is 0 Å². The van der Waals surface area contributed by atoms with Crippen LogP contribution < -0.4 is 5.32 Å². The van der Waals surface area contributed by atoms with Crippen LogP contribution in [0.25, 0.3) is 61.3 Å². The van der Waals surface area contributed by atoms with Gasteiger partial charge in [-0.15, -0.1) is 0 Å². The average Bonchev–Trinajstić information content (AvgIpc) is 3.84. The van der Waals surface area contributed by atoms with Gasteiger partial charge in [0.1, 0.15) is 12.0 Å². The van der Waals surface area contributed by atoms with E-state index in [9.17, 15) is 0 Å².